The van der Waals surface area contributed by atoms with Crippen LogP contribution in [0.2, 0.25) is 10.0 Å². The summed E-state index contributed by atoms with van der Waals surface area (Å²) in [4.78, 5) is 18.1. The van der Waals surface area contributed by atoms with Gasteiger partial charge < -0.3 is 9.47 Å². The largest absolute Gasteiger partial charge is 0.490 e. The third kappa shape index (κ3) is 4.05. The normalized spacial score (nSPS) is 12.0. The van der Waals surface area contributed by atoms with Gasteiger partial charge in [0.05, 0.1) is 25.6 Å². The first-order chi connectivity index (χ1) is 15.6. The fraction of sp³-hybridized carbons (Fsp3) is 0.0833. The third-order valence-corrected chi connectivity index (χ3v) is 6.34. The molecule has 160 valence electrons. The van der Waals surface area contributed by atoms with Crippen LogP contribution in [0.15, 0.2) is 71.5 Å². The van der Waals surface area contributed by atoms with Crippen molar-refractivity contribution in [3.05, 3.63) is 97.2 Å². The minimum atomic E-state index is -0.121. The van der Waals surface area contributed by atoms with E-state index in [2.05, 4.69) is 4.98 Å². The van der Waals surface area contributed by atoms with Gasteiger partial charge in [0, 0.05) is 0 Å². The van der Waals surface area contributed by atoms with Gasteiger partial charge in [-0.2, -0.15) is 0 Å². The van der Waals surface area contributed by atoms with Crippen LogP contribution in [0, 0.1) is 0 Å². The van der Waals surface area contributed by atoms with Gasteiger partial charge in [-0.05, 0) is 48.0 Å². The van der Waals surface area contributed by atoms with Crippen molar-refractivity contribution in [3.8, 4) is 11.5 Å². The van der Waals surface area contributed by atoms with Crippen LogP contribution >= 0.6 is 34.5 Å². The first-order valence-corrected chi connectivity index (χ1v) is 11.4. The molecule has 0 saturated heterocycles. The summed E-state index contributed by atoms with van der Waals surface area (Å²) in [6.45, 7) is 0.643. The van der Waals surface area contributed by atoms with Crippen LogP contribution in [0.25, 0.3) is 22.1 Å². The Morgan fingerprint density at radius 1 is 0.938 bits per heavy atom. The number of halogens is 2. The van der Waals surface area contributed by atoms with Gasteiger partial charge in [-0.3, -0.25) is 4.79 Å². The highest BCUT2D eigenvalue weighted by Gasteiger charge is 2.12. The lowest BCUT2D eigenvalue weighted by Crippen LogP contribution is -2.22. The number of hydrogen-bond acceptors (Lipinski definition) is 5. The molecule has 0 unspecified atom stereocenters. The molecule has 0 radical (unpaired) electrons. The number of benzene rings is 3. The van der Waals surface area contributed by atoms with Crippen LogP contribution < -0.4 is 19.6 Å². The van der Waals surface area contributed by atoms with Crippen LogP contribution in [0.5, 0.6) is 11.5 Å². The van der Waals surface area contributed by atoms with Crippen molar-refractivity contribution in [3.63, 3.8) is 0 Å². The summed E-state index contributed by atoms with van der Waals surface area (Å²) in [5.41, 5.74) is 2.18. The molecule has 5 rings (SSSR count). The van der Waals surface area contributed by atoms with E-state index in [0.717, 1.165) is 16.8 Å². The number of nitrogens with zero attached hydrogens (tertiary/aromatic N) is 2. The molecule has 5 aromatic rings. The lowest BCUT2D eigenvalue weighted by Gasteiger charge is -2.11. The average Bonchev–Trinajstić information content (AvgIpc) is 3.29. The number of hydrogen-bond donors (Lipinski definition) is 0. The maximum atomic E-state index is 12.9. The van der Waals surface area contributed by atoms with Gasteiger partial charge in [0.2, 0.25) is 0 Å². The molecule has 2 aromatic heterocycles. The van der Waals surface area contributed by atoms with Crippen molar-refractivity contribution in [1.82, 2.24) is 9.38 Å². The first-order valence-electron chi connectivity index (χ1n) is 9.81. The third-order valence-electron chi connectivity index (χ3n) is 4.81. The Balaban J connectivity index is 1.37. The number of aromatic nitrogens is 2. The number of ether oxygens (including phenoxy) is 2. The van der Waals surface area contributed by atoms with Crippen LogP contribution in [0.1, 0.15) is 5.56 Å². The Bertz CT molecular complexity index is 1510. The van der Waals surface area contributed by atoms with E-state index in [0.29, 0.717) is 37.5 Å². The van der Waals surface area contributed by atoms with E-state index in [1.165, 1.54) is 11.3 Å². The van der Waals surface area contributed by atoms with E-state index < -0.39 is 0 Å². The van der Waals surface area contributed by atoms with Crippen LogP contribution in [-0.2, 0) is 0 Å². The predicted molar refractivity (Wildman–Crippen MR) is 130 cm³/mol. The topological polar surface area (TPSA) is 52.8 Å². The Labute approximate surface area is 197 Å². The lowest BCUT2D eigenvalue weighted by atomic mass is 10.2. The van der Waals surface area contributed by atoms with Gasteiger partial charge in [0.15, 0.2) is 10.7 Å². The zero-order chi connectivity index (χ0) is 22.1. The second-order valence-corrected chi connectivity index (χ2v) is 8.78. The van der Waals surface area contributed by atoms with Crippen molar-refractivity contribution in [2.45, 2.75) is 0 Å². The van der Waals surface area contributed by atoms with E-state index >= 15 is 0 Å². The van der Waals surface area contributed by atoms with E-state index in [4.69, 9.17) is 32.7 Å². The molecule has 0 N–H and O–H groups in total. The number of thiazole rings is 1. The fourth-order valence-electron chi connectivity index (χ4n) is 3.38. The molecular weight excluding hydrogens is 467 g/mol. The Hall–Kier alpha value is -3.06. The van der Waals surface area contributed by atoms with Gasteiger partial charge in [-0.1, -0.05) is 64.9 Å². The first kappa shape index (κ1) is 20.8. The van der Waals surface area contributed by atoms with Gasteiger partial charge >= 0.3 is 0 Å². The summed E-state index contributed by atoms with van der Waals surface area (Å²) in [6, 6.07) is 20.5. The molecule has 0 spiro atoms. The summed E-state index contributed by atoms with van der Waals surface area (Å²) in [5.74, 6) is 1.15. The fourth-order valence-corrected chi connectivity index (χ4v) is 4.98. The Morgan fingerprint density at radius 2 is 1.62 bits per heavy atom. The van der Waals surface area contributed by atoms with E-state index in [1.807, 2.05) is 54.6 Å². The molecule has 0 atom stereocenters. The maximum absolute atomic E-state index is 12.9. The molecular formula is C24H16Cl2N2O3S. The molecule has 0 aliphatic heterocycles. The molecule has 3 aromatic carbocycles. The standard InChI is InChI=1S/C24H16Cl2N2O3S/c25-17-12-15(13-18(26)22(17)31-11-10-30-16-6-2-1-3-7-16)14-21-23(29)28-20-9-5-4-8-19(20)27-24(28)32-21/h1-9,12-14H,10-11H2/b21-14-. The summed E-state index contributed by atoms with van der Waals surface area (Å²) < 4.78 is 13.5. The van der Waals surface area contributed by atoms with Crippen molar-refractivity contribution >= 4 is 56.6 Å². The van der Waals surface area contributed by atoms with Crippen molar-refractivity contribution in [1.29, 1.82) is 0 Å². The smallest absolute Gasteiger partial charge is 0.274 e. The van der Waals surface area contributed by atoms with E-state index in [1.54, 1.807) is 22.6 Å². The Kier molecular flexibility index (Phi) is 5.74. The van der Waals surface area contributed by atoms with E-state index in [-0.39, 0.29) is 12.2 Å². The summed E-state index contributed by atoms with van der Waals surface area (Å²) in [6.07, 6.45) is 1.76. The zero-order valence-corrected chi connectivity index (χ0v) is 19.0. The maximum Gasteiger partial charge on any atom is 0.274 e. The van der Waals surface area contributed by atoms with E-state index in [9.17, 15) is 4.79 Å². The average molecular weight is 483 g/mol. The molecule has 0 aliphatic rings. The summed E-state index contributed by atoms with van der Waals surface area (Å²) >= 11 is 14.1. The van der Waals surface area contributed by atoms with Gasteiger partial charge in [-0.25, -0.2) is 9.38 Å². The molecule has 32 heavy (non-hydrogen) atoms. The molecule has 8 heteroatoms. The van der Waals surface area contributed by atoms with Gasteiger partial charge in [0.25, 0.3) is 5.56 Å². The number of fused-ring (bicyclic) bond motifs is 3. The molecule has 0 amide bonds. The number of rotatable bonds is 6. The summed E-state index contributed by atoms with van der Waals surface area (Å²) in [5, 5.41) is 0.727. The molecule has 0 fully saturated rings. The monoisotopic (exact) mass is 482 g/mol. The highest BCUT2D eigenvalue weighted by atomic mass is 35.5. The van der Waals surface area contributed by atoms with Gasteiger partial charge in [-0.15, -0.1) is 0 Å². The minimum absolute atomic E-state index is 0.121. The molecule has 5 nitrogen and oxygen atoms in total. The van der Waals surface area contributed by atoms with Crippen molar-refractivity contribution in [2.75, 3.05) is 13.2 Å². The second kappa shape index (κ2) is 8.82. The number of para-hydroxylation sites is 3. The summed E-state index contributed by atoms with van der Waals surface area (Å²) in [7, 11) is 0. The molecule has 2 heterocycles. The van der Waals surface area contributed by atoms with Crippen LogP contribution in [0.4, 0.5) is 0 Å². The highest BCUT2D eigenvalue weighted by Crippen LogP contribution is 2.34. The Morgan fingerprint density at radius 3 is 2.41 bits per heavy atom. The van der Waals surface area contributed by atoms with Crippen LogP contribution in [0.3, 0.4) is 0 Å². The quantitative estimate of drug-likeness (QED) is 0.311. The lowest BCUT2D eigenvalue weighted by molar-refractivity contribution is 0.217. The van der Waals surface area contributed by atoms with Crippen molar-refractivity contribution < 1.29 is 9.47 Å². The van der Waals surface area contributed by atoms with Crippen molar-refractivity contribution in [2.24, 2.45) is 0 Å². The minimum Gasteiger partial charge on any atom is -0.490 e. The highest BCUT2D eigenvalue weighted by molar-refractivity contribution is 7.15. The second-order valence-electron chi connectivity index (χ2n) is 6.96. The predicted octanol–water partition coefficient (Wildman–Crippen LogP) is 5.22. The van der Waals surface area contributed by atoms with Gasteiger partial charge in [0.1, 0.15) is 19.0 Å². The number of imidazole rings is 1. The SMILES string of the molecule is O=c1/c(=C/c2cc(Cl)c(OCCOc3ccccc3)c(Cl)c2)sc2nc3ccccc3n12. The zero-order valence-electron chi connectivity index (χ0n) is 16.6. The molecule has 0 bridgehead atoms. The van der Waals surface area contributed by atoms with Crippen LogP contribution in [-0.4, -0.2) is 22.6 Å². The molecule has 0 saturated carbocycles. The molecule has 0 aliphatic carbocycles.